The maximum atomic E-state index is 12.9. The van der Waals surface area contributed by atoms with E-state index < -0.39 is 6.10 Å². The van der Waals surface area contributed by atoms with Crippen LogP contribution in [0.4, 0.5) is 4.39 Å². The summed E-state index contributed by atoms with van der Waals surface area (Å²) in [6.07, 6.45) is 0.436. The minimum absolute atomic E-state index is 0.197. The highest BCUT2D eigenvalue weighted by Crippen LogP contribution is 2.23. The van der Waals surface area contributed by atoms with Crippen molar-refractivity contribution >= 4 is 0 Å². The molecule has 0 unspecified atom stereocenters. The fraction of sp³-hybridized carbons (Fsp3) is 0.238. The molecule has 1 aromatic heterocycles. The molecule has 2 aromatic carbocycles. The molecule has 1 atom stereocenters. The molecule has 0 aliphatic rings. The van der Waals surface area contributed by atoms with Gasteiger partial charge >= 0.3 is 0 Å². The standard InChI is InChI=1S/C21H22FNO2/c1-15(24)17-4-6-18(7-5-17)21-11-10-20(25-21)14-23-13-12-16-2-8-19(22)9-3-16/h2-11,15,23-24H,12-14H2,1H3/p+1/t15-/m0/s1. The van der Waals surface area contributed by atoms with Crippen molar-refractivity contribution in [1.82, 2.24) is 0 Å². The minimum atomic E-state index is -0.461. The molecule has 3 aromatic rings. The monoisotopic (exact) mass is 340 g/mol. The largest absolute Gasteiger partial charge is 0.455 e. The first kappa shape index (κ1) is 17.4. The van der Waals surface area contributed by atoms with Gasteiger partial charge in [0.2, 0.25) is 0 Å². The summed E-state index contributed by atoms with van der Waals surface area (Å²) in [4.78, 5) is 0. The van der Waals surface area contributed by atoms with E-state index in [4.69, 9.17) is 4.42 Å². The average Bonchev–Trinajstić information content (AvgIpc) is 3.09. The van der Waals surface area contributed by atoms with Crippen LogP contribution in [0.15, 0.2) is 65.1 Å². The van der Waals surface area contributed by atoms with E-state index in [0.717, 1.165) is 47.7 Å². The zero-order chi connectivity index (χ0) is 17.6. The van der Waals surface area contributed by atoms with E-state index in [-0.39, 0.29) is 5.82 Å². The molecule has 0 bridgehead atoms. The maximum Gasteiger partial charge on any atom is 0.158 e. The van der Waals surface area contributed by atoms with Crippen LogP contribution in [0.3, 0.4) is 0 Å². The first-order valence-electron chi connectivity index (χ1n) is 8.55. The fourth-order valence-electron chi connectivity index (χ4n) is 2.73. The number of hydrogen-bond donors (Lipinski definition) is 2. The zero-order valence-corrected chi connectivity index (χ0v) is 14.3. The lowest BCUT2D eigenvalue weighted by Crippen LogP contribution is -2.83. The highest BCUT2D eigenvalue weighted by atomic mass is 19.1. The van der Waals surface area contributed by atoms with E-state index in [1.54, 1.807) is 6.92 Å². The van der Waals surface area contributed by atoms with Crippen molar-refractivity contribution in [2.75, 3.05) is 6.54 Å². The number of aliphatic hydroxyl groups is 1. The number of nitrogens with two attached hydrogens (primary N) is 1. The van der Waals surface area contributed by atoms with Gasteiger partial charge in [0.25, 0.3) is 0 Å². The molecule has 3 rings (SSSR count). The molecule has 3 nitrogen and oxygen atoms in total. The zero-order valence-electron chi connectivity index (χ0n) is 14.3. The molecule has 0 fully saturated rings. The number of aliphatic hydroxyl groups excluding tert-OH is 1. The van der Waals surface area contributed by atoms with Gasteiger partial charge in [-0.3, -0.25) is 0 Å². The van der Waals surface area contributed by atoms with Crippen LogP contribution in [-0.4, -0.2) is 11.7 Å². The molecule has 0 saturated carbocycles. The van der Waals surface area contributed by atoms with Gasteiger partial charge in [0.05, 0.1) is 12.6 Å². The van der Waals surface area contributed by atoms with Gasteiger partial charge in [0, 0.05) is 12.0 Å². The Morgan fingerprint density at radius 1 is 1.00 bits per heavy atom. The predicted molar refractivity (Wildman–Crippen MR) is 95.4 cm³/mol. The third-order valence-electron chi connectivity index (χ3n) is 4.24. The van der Waals surface area contributed by atoms with Crippen LogP contribution in [0, 0.1) is 5.82 Å². The quantitative estimate of drug-likeness (QED) is 0.647. The third kappa shape index (κ3) is 4.78. The second kappa shape index (κ2) is 8.10. The molecular weight excluding hydrogens is 317 g/mol. The van der Waals surface area contributed by atoms with Crippen LogP contribution < -0.4 is 5.32 Å². The summed E-state index contributed by atoms with van der Waals surface area (Å²) in [7, 11) is 0. The van der Waals surface area contributed by atoms with E-state index in [0.29, 0.717) is 0 Å². The molecule has 0 aliphatic heterocycles. The van der Waals surface area contributed by atoms with Crippen LogP contribution in [0.2, 0.25) is 0 Å². The Labute approximate surface area is 147 Å². The summed E-state index contributed by atoms with van der Waals surface area (Å²) in [6.45, 7) is 3.44. The van der Waals surface area contributed by atoms with Gasteiger partial charge in [-0.2, -0.15) is 0 Å². The molecule has 4 heteroatoms. The van der Waals surface area contributed by atoms with Gasteiger partial charge in [-0.15, -0.1) is 0 Å². The van der Waals surface area contributed by atoms with E-state index in [1.165, 1.54) is 12.1 Å². The van der Waals surface area contributed by atoms with Crippen molar-refractivity contribution in [1.29, 1.82) is 0 Å². The van der Waals surface area contributed by atoms with Crippen LogP contribution in [0.1, 0.15) is 29.9 Å². The lowest BCUT2D eigenvalue weighted by Gasteiger charge is -2.05. The van der Waals surface area contributed by atoms with Gasteiger partial charge in [0.1, 0.15) is 18.1 Å². The molecule has 130 valence electrons. The topological polar surface area (TPSA) is 50.0 Å². The first-order chi connectivity index (χ1) is 12.1. The predicted octanol–water partition coefficient (Wildman–Crippen LogP) is 3.45. The number of benzene rings is 2. The number of rotatable bonds is 7. The lowest BCUT2D eigenvalue weighted by molar-refractivity contribution is -0.671. The van der Waals surface area contributed by atoms with E-state index >= 15 is 0 Å². The molecular formula is C21H23FNO2+. The van der Waals surface area contributed by atoms with Gasteiger partial charge in [0.15, 0.2) is 5.76 Å². The second-order valence-corrected chi connectivity index (χ2v) is 6.22. The van der Waals surface area contributed by atoms with E-state index in [2.05, 4.69) is 5.32 Å². The molecule has 1 heterocycles. The summed E-state index contributed by atoms with van der Waals surface area (Å²) in [5.41, 5.74) is 3.03. The summed E-state index contributed by atoms with van der Waals surface area (Å²) in [5, 5.41) is 11.7. The summed E-state index contributed by atoms with van der Waals surface area (Å²) in [6, 6.07) is 18.4. The Kier molecular flexibility index (Phi) is 5.64. The van der Waals surface area contributed by atoms with Crippen molar-refractivity contribution < 1.29 is 19.2 Å². The number of halogens is 1. The SMILES string of the molecule is C[C@H](O)c1ccc(-c2ccc(C[NH2+]CCc3ccc(F)cc3)o2)cc1. The summed E-state index contributed by atoms with van der Waals surface area (Å²) >= 11 is 0. The first-order valence-corrected chi connectivity index (χ1v) is 8.55. The van der Waals surface area contributed by atoms with Crippen molar-refractivity contribution in [3.05, 3.63) is 83.4 Å². The molecule has 0 radical (unpaired) electrons. The van der Waals surface area contributed by atoms with Crippen molar-refractivity contribution in [2.45, 2.75) is 26.0 Å². The Hall–Kier alpha value is -2.43. The number of quaternary nitrogens is 1. The number of furan rings is 1. The van der Waals surface area contributed by atoms with Gasteiger partial charge in [-0.25, -0.2) is 4.39 Å². The fourth-order valence-corrected chi connectivity index (χ4v) is 2.73. The Bertz CT molecular complexity index is 792. The van der Waals surface area contributed by atoms with E-state index in [1.807, 2.05) is 48.5 Å². The van der Waals surface area contributed by atoms with E-state index in [9.17, 15) is 9.50 Å². The Balaban J connectivity index is 1.50. The van der Waals surface area contributed by atoms with Gasteiger partial charge < -0.3 is 14.8 Å². The summed E-state index contributed by atoms with van der Waals surface area (Å²) < 4.78 is 18.8. The molecule has 25 heavy (non-hydrogen) atoms. The van der Waals surface area contributed by atoms with Crippen LogP contribution >= 0.6 is 0 Å². The van der Waals surface area contributed by atoms with Crippen LogP contribution in [0.25, 0.3) is 11.3 Å². The number of hydrogen-bond acceptors (Lipinski definition) is 2. The second-order valence-electron chi connectivity index (χ2n) is 6.22. The van der Waals surface area contributed by atoms with Crippen molar-refractivity contribution in [3.8, 4) is 11.3 Å². The van der Waals surface area contributed by atoms with Gasteiger partial charge in [-0.05, 0) is 42.3 Å². The summed E-state index contributed by atoms with van der Waals surface area (Å²) in [5.74, 6) is 1.56. The van der Waals surface area contributed by atoms with Crippen molar-refractivity contribution in [2.24, 2.45) is 0 Å². The Morgan fingerprint density at radius 2 is 1.72 bits per heavy atom. The highest BCUT2D eigenvalue weighted by molar-refractivity contribution is 5.58. The molecule has 0 amide bonds. The molecule has 3 N–H and O–H groups in total. The third-order valence-corrected chi connectivity index (χ3v) is 4.24. The molecule has 0 aliphatic carbocycles. The lowest BCUT2D eigenvalue weighted by atomic mass is 10.1. The highest BCUT2D eigenvalue weighted by Gasteiger charge is 2.07. The van der Waals surface area contributed by atoms with Crippen LogP contribution in [0.5, 0.6) is 0 Å². The molecule has 0 spiro atoms. The molecule has 0 saturated heterocycles. The Morgan fingerprint density at radius 3 is 2.40 bits per heavy atom. The normalized spacial score (nSPS) is 12.3. The maximum absolute atomic E-state index is 12.9. The minimum Gasteiger partial charge on any atom is -0.455 e. The van der Waals surface area contributed by atoms with Gasteiger partial charge in [-0.1, -0.05) is 36.4 Å². The van der Waals surface area contributed by atoms with Crippen molar-refractivity contribution in [3.63, 3.8) is 0 Å². The average molecular weight is 340 g/mol. The smallest absolute Gasteiger partial charge is 0.158 e. The van der Waals surface area contributed by atoms with Crippen LogP contribution in [-0.2, 0) is 13.0 Å².